The molecule has 0 aliphatic heterocycles. The van der Waals surface area contributed by atoms with Crippen LogP contribution in [0, 0.1) is 13.8 Å². The van der Waals surface area contributed by atoms with E-state index in [4.69, 9.17) is 21.4 Å². The van der Waals surface area contributed by atoms with Crippen LogP contribution in [0.25, 0.3) is 0 Å². The lowest BCUT2D eigenvalue weighted by atomic mass is 10.2. The molecule has 0 saturated carbocycles. The first-order chi connectivity index (χ1) is 8.95. The summed E-state index contributed by atoms with van der Waals surface area (Å²) in [5.74, 6) is -0.220. The smallest absolute Gasteiger partial charge is 0.335 e. The van der Waals surface area contributed by atoms with E-state index in [1.54, 1.807) is 19.1 Å². The predicted octanol–water partition coefficient (Wildman–Crippen LogP) is 3.84. The van der Waals surface area contributed by atoms with Crippen molar-refractivity contribution in [3.05, 3.63) is 52.2 Å². The molecule has 0 atom stereocenters. The number of rotatable bonds is 3. The third-order valence-corrected chi connectivity index (χ3v) is 2.78. The van der Waals surface area contributed by atoms with Crippen LogP contribution in [0.4, 0.5) is 0 Å². The van der Waals surface area contributed by atoms with Crippen molar-refractivity contribution in [1.82, 2.24) is 4.98 Å². The Morgan fingerprint density at radius 3 is 2.68 bits per heavy atom. The number of carboxylic acid groups (broad SMARTS) is 1. The number of pyridine rings is 1. The monoisotopic (exact) mass is 277 g/mol. The van der Waals surface area contributed by atoms with Crippen molar-refractivity contribution in [3.8, 4) is 11.6 Å². The van der Waals surface area contributed by atoms with Crippen molar-refractivity contribution in [2.24, 2.45) is 0 Å². The normalized spacial score (nSPS) is 10.3. The minimum Gasteiger partial charge on any atom is -0.478 e. The number of aromatic nitrogens is 1. The van der Waals surface area contributed by atoms with Crippen LogP contribution in [0.2, 0.25) is 5.02 Å². The molecule has 2 rings (SSSR count). The molecule has 0 unspecified atom stereocenters. The summed E-state index contributed by atoms with van der Waals surface area (Å²) in [5, 5.41) is 9.54. The number of aromatic carboxylic acids is 1. The molecule has 0 bridgehead atoms. The minimum atomic E-state index is -1.02. The number of carbonyl (C=O) groups is 1. The number of carboxylic acids is 1. The maximum absolute atomic E-state index is 11.0. The molecule has 0 amide bonds. The number of hydrogen-bond acceptors (Lipinski definition) is 3. The molecule has 0 aliphatic rings. The highest BCUT2D eigenvalue weighted by Crippen LogP contribution is 2.27. The number of nitrogens with zero attached hydrogens (tertiary/aromatic N) is 1. The van der Waals surface area contributed by atoms with Crippen molar-refractivity contribution in [1.29, 1.82) is 0 Å². The number of halogens is 1. The van der Waals surface area contributed by atoms with Gasteiger partial charge in [-0.25, -0.2) is 9.78 Å². The number of hydrogen-bond donors (Lipinski definition) is 1. The molecule has 1 N–H and O–H groups in total. The summed E-state index contributed by atoms with van der Waals surface area (Å²) < 4.78 is 5.60. The number of ether oxygens (including phenoxy) is 1. The molecule has 98 valence electrons. The molecule has 0 fully saturated rings. The Hall–Kier alpha value is -2.07. The molecule has 4 nitrogen and oxygen atoms in total. The Morgan fingerprint density at radius 2 is 2.00 bits per heavy atom. The molecule has 5 heteroatoms. The molecule has 0 radical (unpaired) electrons. The fourth-order valence-electron chi connectivity index (χ4n) is 1.61. The minimum absolute atomic E-state index is 0.141. The van der Waals surface area contributed by atoms with Crippen LogP contribution < -0.4 is 4.74 Å². The van der Waals surface area contributed by atoms with Gasteiger partial charge >= 0.3 is 5.97 Å². The van der Waals surface area contributed by atoms with Crippen molar-refractivity contribution >= 4 is 17.6 Å². The molecular weight excluding hydrogens is 266 g/mol. The van der Waals surface area contributed by atoms with Crippen LogP contribution in [0.3, 0.4) is 0 Å². The molecular formula is C14H12ClNO3. The summed E-state index contributed by atoms with van der Waals surface area (Å²) in [6, 6.07) is 8.12. The highest BCUT2D eigenvalue weighted by molar-refractivity contribution is 6.30. The first kappa shape index (κ1) is 13.4. The second-order valence-corrected chi connectivity index (χ2v) is 4.59. The van der Waals surface area contributed by atoms with Crippen LogP contribution in [-0.2, 0) is 0 Å². The van der Waals surface area contributed by atoms with Gasteiger partial charge < -0.3 is 9.84 Å². The molecule has 2 aromatic rings. The zero-order valence-corrected chi connectivity index (χ0v) is 11.2. The zero-order valence-electron chi connectivity index (χ0n) is 10.5. The standard InChI is InChI=1S/C14H12ClNO3/c1-8-3-4-11(15)7-12(8)19-13-6-10(14(17)18)5-9(2)16-13/h3-7H,1-2H3,(H,17,18). The van der Waals surface area contributed by atoms with E-state index < -0.39 is 5.97 Å². The van der Waals surface area contributed by atoms with Gasteiger partial charge in [0, 0.05) is 16.8 Å². The van der Waals surface area contributed by atoms with Gasteiger partial charge in [0.15, 0.2) is 0 Å². The maximum atomic E-state index is 11.0. The molecule has 1 aromatic heterocycles. The molecule has 0 spiro atoms. The van der Waals surface area contributed by atoms with Gasteiger partial charge in [0.1, 0.15) is 5.75 Å². The summed E-state index contributed by atoms with van der Waals surface area (Å²) in [6.45, 7) is 3.59. The van der Waals surface area contributed by atoms with E-state index in [1.807, 2.05) is 13.0 Å². The lowest BCUT2D eigenvalue weighted by Crippen LogP contribution is -2.00. The lowest BCUT2D eigenvalue weighted by molar-refractivity contribution is 0.0696. The van der Waals surface area contributed by atoms with Crippen molar-refractivity contribution in [3.63, 3.8) is 0 Å². The maximum Gasteiger partial charge on any atom is 0.335 e. The van der Waals surface area contributed by atoms with Crippen LogP contribution >= 0.6 is 11.6 Å². The average Bonchev–Trinajstić information content (AvgIpc) is 2.33. The second-order valence-electron chi connectivity index (χ2n) is 4.15. The van der Waals surface area contributed by atoms with E-state index >= 15 is 0 Å². The quantitative estimate of drug-likeness (QED) is 0.926. The largest absolute Gasteiger partial charge is 0.478 e. The van der Waals surface area contributed by atoms with E-state index in [2.05, 4.69) is 4.98 Å². The molecule has 1 heterocycles. The summed E-state index contributed by atoms with van der Waals surface area (Å²) >= 11 is 5.90. The van der Waals surface area contributed by atoms with Crippen LogP contribution in [0.1, 0.15) is 21.6 Å². The third kappa shape index (κ3) is 3.23. The summed E-state index contributed by atoms with van der Waals surface area (Å²) in [7, 11) is 0. The Labute approximate surface area is 115 Å². The Balaban J connectivity index is 2.38. The van der Waals surface area contributed by atoms with Gasteiger partial charge in [-0.3, -0.25) is 0 Å². The highest BCUT2D eigenvalue weighted by atomic mass is 35.5. The van der Waals surface area contributed by atoms with Gasteiger partial charge in [-0.1, -0.05) is 17.7 Å². The summed E-state index contributed by atoms with van der Waals surface area (Å²) in [5.41, 5.74) is 1.61. The Kier molecular flexibility index (Phi) is 3.71. The van der Waals surface area contributed by atoms with E-state index in [1.165, 1.54) is 12.1 Å². The number of aryl methyl sites for hydroxylation is 2. The van der Waals surface area contributed by atoms with Gasteiger partial charge in [0.2, 0.25) is 5.88 Å². The second kappa shape index (κ2) is 5.28. The van der Waals surface area contributed by atoms with E-state index in [9.17, 15) is 4.79 Å². The van der Waals surface area contributed by atoms with Crippen molar-refractivity contribution in [2.45, 2.75) is 13.8 Å². The molecule has 19 heavy (non-hydrogen) atoms. The predicted molar refractivity (Wildman–Crippen MR) is 72.2 cm³/mol. The highest BCUT2D eigenvalue weighted by Gasteiger charge is 2.09. The van der Waals surface area contributed by atoms with Crippen molar-refractivity contribution < 1.29 is 14.6 Å². The Morgan fingerprint density at radius 1 is 1.26 bits per heavy atom. The third-order valence-electron chi connectivity index (χ3n) is 2.54. The molecule has 0 saturated heterocycles. The van der Waals surface area contributed by atoms with Crippen LogP contribution in [-0.4, -0.2) is 16.1 Å². The topological polar surface area (TPSA) is 59.4 Å². The lowest BCUT2D eigenvalue weighted by Gasteiger charge is -2.09. The van der Waals surface area contributed by atoms with Gasteiger partial charge in [-0.05, 0) is 37.6 Å². The van der Waals surface area contributed by atoms with Crippen LogP contribution in [0.5, 0.6) is 11.6 Å². The van der Waals surface area contributed by atoms with E-state index in [-0.39, 0.29) is 11.4 Å². The van der Waals surface area contributed by atoms with Gasteiger partial charge in [0.05, 0.1) is 5.56 Å². The van der Waals surface area contributed by atoms with Crippen LogP contribution in [0.15, 0.2) is 30.3 Å². The Bertz CT molecular complexity index is 641. The fraction of sp³-hybridized carbons (Fsp3) is 0.143. The fourth-order valence-corrected chi connectivity index (χ4v) is 1.77. The van der Waals surface area contributed by atoms with Gasteiger partial charge in [-0.15, -0.1) is 0 Å². The zero-order chi connectivity index (χ0) is 14.0. The van der Waals surface area contributed by atoms with Gasteiger partial charge in [0.25, 0.3) is 0 Å². The molecule has 1 aromatic carbocycles. The number of benzene rings is 1. The van der Waals surface area contributed by atoms with E-state index in [0.29, 0.717) is 16.5 Å². The first-order valence-corrected chi connectivity index (χ1v) is 5.99. The first-order valence-electron chi connectivity index (χ1n) is 5.61. The van der Waals surface area contributed by atoms with Crippen molar-refractivity contribution in [2.75, 3.05) is 0 Å². The summed E-state index contributed by atoms with van der Waals surface area (Å²) in [4.78, 5) is 15.1. The summed E-state index contributed by atoms with van der Waals surface area (Å²) in [6.07, 6.45) is 0. The van der Waals surface area contributed by atoms with E-state index in [0.717, 1.165) is 5.56 Å². The van der Waals surface area contributed by atoms with Gasteiger partial charge in [-0.2, -0.15) is 0 Å². The average molecular weight is 278 g/mol. The SMILES string of the molecule is Cc1cc(C(=O)O)cc(Oc2cc(Cl)ccc2C)n1. The molecule has 0 aliphatic carbocycles.